The Balaban J connectivity index is 2.21. The number of hydrogen-bond acceptors (Lipinski definition) is 3. The molecule has 0 saturated carbocycles. The van der Waals surface area contributed by atoms with Gasteiger partial charge in [-0.2, -0.15) is 0 Å². The van der Waals surface area contributed by atoms with Gasteiger partial charge in [0, 0.05) is 18.2 Å². The van der Waals surface area contributed by atoms with Gasteiger partial charge in [0.1, 0.15) is 5.75 Å². The Labute approximate surface area is 97.9 Å². The molecule has 2 unspecified atom stereocenters. The molecule has 1 heterocycles. The Morgan fingerprint density at radius 3 is 2.88 bits per heavy atom. The third kappa shape index (κ3) is 1.99. The number of phenols is 1. The van der Waals surface area contributed by atoms with E-state index in [0.29, 0.717) is 18.5 Å². The number of rotatable bonds is 2. The number of halogens is 1. The van der Waals surface area contributed by atoms with Gasteiger partial charge in [-0.15, -0.1) is 0 Å². The van der Waals surface area contributed by atoms with Crippen molar-refractivity contribution >= 4 is 17.6 Å². The summed E-state index contributed by atoms with van der Waals surface area (Å²) < 4.78 is 0. The standard InChI is InChI=1S/C11H12ClNO3/c12-8-3-1-2-7(10(8)14)9-4-6(5-13-9)11(15)16/h1-3,6,9,13-14H,4-5H2,(H,15,16). The molecule has 0 bridgehead atoms. The number of aliphatic carboxylic acids is 1. The van der Waals surface area contributed by atoms with E-state index in [1.165, 1.54) is 0 Å². The second-order valence-electron chi connectivity index (χ2n) is 3.91. The largest absolute Gasteiger partial charge is 0.506 e. The topological polar surface area (TPSA) is 69.6 Å². The molecule has 1 aromatic carbocycles. The van der Waals surface area contributed by atoms with E-state index in [1.807, 2.05) is 0 Å². The molecule has 0 amide bonds. The van der Waals surface area contributed by atoms with E-state index in [-0.39, 0.29) is 16.8 Å². The van der Waals surface area contributed by atoms with E-state index in [9.17, 15) is 9.90 Å². The highest BCUT2D eigenvalue weighted by Crippen LogP contribution is 2.36. The fraction of sp³-hybridized carbons (Fsp3) is 0.364. The molecule has 16 heavy (non-hydrogen) atoms. The lowest BCUT2D eigenvalue weighted by Crippen LogP contribution is -2.17. The van der Waals surface area contributed by atoms with Crippen LogP contribution in [0.4, 0.5) is 0 Å². The maximum absolute atomic E-state index is 10.8. The number of carboxylic acids is 1. The number of hydrogen-bond donors (Lipinski definition) is 3. The fourth-order valence-corrected chi connectivity index (χ4v) is 2.16. The zero-order valence-electron chi connectivity index (χ0n) is 8.48. The monoisotopic (exact) mass is 241 g/mol. The van der Waals surface area contributed by atoms with Gasteiger partial charge in [0.2, 0.25) is 0 Å². The molecule has 4 nitrogen and oxygen atoms in total. The number of carboxylic acid groups (broad SMARTS) is 1. The van der Waals surface area contributed by atoms with Gasteiger partial charge in [-0.1, -0.05) is 23.7 Å². The van der Waals surface area contributed by atoms with Crippen LogP contribution >= 0.6 is 11.6 Å². The van der Waals surface area contributed by atoms with E-state index in [2.05, 4.69) is 5.32 Å². The Morgan fingerprint density at radius 1 is 1.50 bits per heavy atom. The van der Waals surface area contributed by atoms with E-state index in [4.69, 9.17) is 16.7 Å². The third-order valence-electron chi connectivity index (χ3n) is 2.87. The first kappa shape index (κ1) is 11.2. The molecule has 0 aliphatic carbocycles. The molecule has 0 aromatic heterocycles. The lowest BCUT2D eigenvalue weighted by molar-refractivity contribution is -0.141. The van der Waals surface area contributed by atoms with Gasteiger partial charge in [-0.25, -0.2) is 0 Å². The van der Waals surface area contributed by atoms with E-state index < -0.39 is 11.9 Å². The van der Waals surface area contributed by atoms with Crippen molar-refractivity contribution in [3.63, 3.8) is 0 Å². The van der Waals surface area contributed by atoms with Crippen molar-refractivity contribution in [1.29, 1.82) is 0 Å². The molecule has 3 N–H and O–H groups in total. The SMILES string of the molecule is O=C(O)C1CNC(c2cccc(Cl)c2O)C1. The van der Waals surface area contributed by atoms with Crippen LogP contribution in [0.2, 0.25) is 5.02 Å². The molecule has 1 fully saturated rings. The van der Waals surface area contributed by atoms with E-state index in [0.717, 1.165) is 0 Å². The zero-order chi connectivity index (χ0) is 11.7. The average Bonchev–Trinajstić information content (AvgIpc) is 2.71. The number of para-hydroxylation sites is 1. The molecule has 1 saturated heterocycles. The molecule has 2 rings (SSSR count). The Hall–Kier alpha value is -1.26. The normalized spacial score (nSPS) is 24.6. The summed E-state index contributed by atoms with van der Waals surface area (Å²) in [7, 11) is 0. The first-order valence-corrected chi connectivity index (χ1v) is 5.41. The van der Waals surface area contributed by atoms with Crippen LogP contribution in [0.5, 0.6) is 5.75 Å². The summed E-state index contributed by atoms with van der Waals surface area (Å²) in [4.78, 5) is 10.8. The van der Waals surface area contributed by atoms with Crippen LogP contribution in [0, 0.1) is 5.92 Å². The van der Waals surface area contributed by atoms with Crippen LogP contribution in [-0.2, 0) is 4.79 Å². The zero-order valence-corrected chi connectivity index (χ0v) is 9.24. The third-order valence-corrected chi connectivity index (χ3v) is 3.18. The maximum Gasteiger partial charge on any atom is 0.307 e. The lowest BCUT2D eigenvalue weighted by Gasteiger charge is -2.13. The van der Waals surface area contributed by atoms with E-state index >= 15 is 0 Å². The van der Waals surface area contributed by atoms with Crippen molar-refractivity contribution in [2.24, 2.45) is 5.92 Å². The summed E-state index contributed by atoms with van der Waals surface area (Å²) in [6, 6.07) is 4.96. The Morgan fingerprint density at radius 2 is 2.25 bits per heavy atom. The van der Waals surface area contributed by atoms with Crippen LogP contribution < -0.4 is 5.32 Å². The molecule has 86 valence electrons. The van der Waals surface area contributed by atoms with Crippen LogP contribution in [-0.4, -0.2) is 22.7 Å². The highest BCUT2D eigenvalue weighted by atomic mass is 35.5. The predicted molar refractivity (Wildman–Crippen MR) is 59.6 cm³/mol. The predicted octanol–water partition coefficient (Wildman–Crippen LogP) is 1.78. The summed E-state index contributed by atoms with van der Waals surface area (Å²) in [5, 5.41) is 22.0. The Kier molecular flexibility index (Phi) is 3.03. The smallest absolute Gasteiger partial charge is 0.307 e. The van der Waals surface area contributed by atoms with Crippen molar-refractivity contribution in [2.45, 2.75) is 12.5 Å². The van der Waals surface area contributed by atoms with Gasteiger partial charge in [-0.05, 0) is 12.5 Å². The fourth-order valence-electron chi connectivity index (χ4n) is 1.97. The quantitative estimate of drug-likeness (QED) is 0.738. The second-order valence-corrected chi connectivity index (χ2v) is 4.32. The highest BCUT2D eigenvalue weighted by molar-refractivity contribution is 6.32. The van der Waals surface area contributed by atoms with Crippen LogP contribution in [0.3, 0.4) is 0 Å². The van der Waals surface area contributed by atoms with Crippen LogP contribution in [0.15, 0.2) is 18.2 Å². The van der Waals surface area contributed by atoms with Gasteiger partial charge in [0.15, 0.2) is 0 Å². The van der Waals surface area contributed by atoms with Crippen LogP contribution in [0.1, 0.15) is 18.0 Å². The summed E-state index contributed by atoms with van der Waals surface area (Å²) in [5.74, 6) is -1.17. The minimum atomic E-state index is -0.809. The molecular weight excluding hydrogens is 230 g/mol. The lowest BCUT2D eigenvalue weighted by atomic mass is 9.99. The van der Waals surface area contributed by atoms with Crippen molar-refractivity contribution in [3.05, 3.63) is 28.8 Å². The van der Waals surface area contributed by atoms with Gasteiger partial charge in [0.05, 0.1) is 10.9 Å². The minimum Gasteiger partial charge on any atom is -0.506 e. The summed E-state index contributed by atoms with van der Waals surface area (Å²) >= 11 is 5.80. The van der Waals surface area contributed by atoms with Gasteiger partial charge in [-0.3, -0.25) is 4.79 Å². The van der Waals surface area contributed by atoms with Crippen molar-refractivity contribution in [2.75, 3.05) is 6.54 Å². The molecule has 1 aliphatic heterocycles. The first-order valence-electron chi connectivity index (χ1n) is 5.03. The van der Waals surface area contributed by atoms with Gasteiger partial charge >= 0.3 is 5.97 Å². The molecule has 1 aliphatic rings. The van der Waals surface area contributed by atoms with Crippen molar-refractivity contribution < 1.29 is 15.0 Å². The first-order chi connectivity index (χ1) is 7.59. The van der Waals surface area contributed by atoms with Gasteiger partial charge < -0.3 is 15.5 Å². The van der Waals surface area contributed by atoms with Crippen molar-refractivity contribution in [3.8, 4) is 5.75 Å². The number of carbonyl (C=O) groups is 1. The molecule has 0 spiro atoms. The van der Waals surface area contributed by atoms with Gasteiger partial charge in [0.25, 0.3) is 0 Å². The summed E-state index contributed by atoms with van der Waals surface area (Å²) in [5.41, 5.74) is 0.663. The van der Waals surface area contributed by atoms with Crippen LogP contribution in [0.25, 0.3) is 0 Å². The number of nitrogens with one attached hydrogen (secondary N) is 1. The average molecular weight is 242 g/mol. The molecule has 0 radical (unpaired) electrons. The summed E-state index contributed by atoms with van der Waals surface area (Å²) in [6.07, 6.45) is 0.475. The maximum atomic E-state index is 10.8. The van der Waals surface area contributed by atoms with Crippen molar-refractivity contribution in [1.82, 2.24) is 5.32 Å². The molecule has 2 atom stereocenters. The van der Waals surface area contributed by atoms with E-state index in [1.54, 1.807) is 18.2 Å². The minimum absolute atomic E-state index is 0.0349. The number of aromatic hydroxyl groups is 1. The number of phenolic OH excluding ortho intramolecular Hbond substituents is 1. The number of benzene rings is 1. The highest BCUT2D eigenvalue weighted by Gasteiger charge is 2.31. The molecule has 5 heteroatoms. The molecule has 1 aromatic rings. The summed E-state index contributed by atoms with van der Waals surface area (Å²) in [6.45, 7) is 0.423. The Bertz CT molecular complexity index is 422. The molecular formula is C11H12ClNO3. The second kappa shape index (κ2) is 4.31.